The van der Waals surface area contributed by atoms with Gasteiger partial charge in [0.15, 0.2) is 5.82 Å². The highest BCUT2D eigenvalue weighted by Crippen LogP contribution is 2.35. The minimum absolute atomic E-state index is 0.0461. The van der Waals surface area contributed by atoms with Crippen molar-refractivity contribution in [1.29, 1.82) is 0 Å². The lowest BCUT2D eigenvalue weighted by Gasteiger charge is -2.08. The van der Waals surface area contributed by atoms with E-state index in [1.807, 2.05) is 0 Å². The van der Waals surface area contributed by atoms with Gasteiger partial charge < -0.3 is 10.6 Å². The number of hydrogen-bond acceptors (Lipinski definition) is 5. The van der Waals surface area contributed by atoms with E-state index in [1.165, 1.54) is 12.4 Å². The number of amides is 2. The summed E-state index contributed by atoms with van der Waals surface area (Å²) in [7, 11) is 0. The van der Waals surface area contributed by atoms with Crippen LogP contribution in [0.1, 0.15) is 21.6 Å². The molecule has 0 fully saturated rings. The molecule has 0 aliphatic rings. The van der Waals surface area contributed by atoms with Crippen LogP contribution in [-0.2, 0) is 17.4 Å². The second kappa shape index (κ2) is 8.19. The number of nitrogens with one attached hydrogen (secondary N) is 2. The van der Waals surface area contributed by atoms with E-state index in [-0.39, 0.29) is 23.0 Å². The summed E-state index contributed by atoms with van der Waals surface area (Å²) in [6.07, 6.45) is -0.516. The third kappa shape index (κ3) is 4.56. The van der Waals surface area contributed by atoms with E-state index in [1.54, 1.807) is 36.4 Å². The van der Waals surface area contributed by atoms with Crippen molar-refractivity contribution in [2.24, 2.45) is 0 Å². The van der Waals surface area contributed by atoms with Crippen LogP contribution >= 0.6 is 11.3 Å². The Labute approximate surface area is 177 Å². The molecule has 0 aliphatic heterocycles. The van der Waals surface area contributed by atoms with Crippen molar-refractivity contribution in [2.45, 2.75) is 12.6 Å². The van der Waals surface area contributed by atoms with Gasteiger partial charge >= 0.3 is 6.18 Å². The third-order valence-corrected chi connectivity index (χ3v) is 5.26. The summed E-state index contributed by atoms with van der Waals surface area (Å²) in [5, 5.41) is 6.26. The lowest BCUT2D eigenvalue weighted by Crippen LogP contribution is -2.15. The SMILES string of the molecule is O=C(Cc1cccc(NC(=O)c2ccncc2)c1)Nc1ncn2c(C(F)(F)F)csc12. The molecule has 0 unspecified atom stereocenters. The molecule has 1 aromatic carbocycles. The molecule has 2 amide bonds. The maximum Gasteiger partial charge on any atom is 0.432 e. The number of anilines is 2. The fraction of sp³-hybridized carbons (Fsp3) is 0.100. The Kier molecular flexibility index (Phi) is 5.42. The molecule has 0 saturated heterocycles. The molecular weight excluding hydrogens is 431 g/mol. The minimum Gasteiger partial charge on any atom is -0.322 e. The summed E-state index contributed by atoms with van der Waals surface area (Å²) in [5.41, 5.74) is 0.710. The molecule has 31 heavy (non-hydrogen) atoms. The monoisotopic (exact) mass is 445 g/mol. The van der Waals surface area contributed by atoms with E-state index < -0.39 is 17.8 Å². The number of carbonyl (C=O) groups excluding carboxylic acids is 2. The van der Waals surface area contributed by atoms with E-state index >= 15 is 0 Å². The molecule has 2 N–H and O–H groups in total. The number of nitrogens with zero attached hydrogens (tertiary/aromatic N) is 3. The minimum atomic E-state index is -4.51. The highest BCUT2D eigenvalue weighted by Gasteiger charge is 2.35. The molecule has 0 saturated carbocycles. The lowest BCUT2D eigenvalue weighted by atomic mass is 10.1. The predicted molar refractivity (Wildman–Crippen MR) is 109 cm³/mol. The Bertz CT molecular complexity index is 1250. The van der Waals surface area contributed by atoms with Crippen molar-refractivity contribution in [1.82, 2.24) is 14.4 Å². The Morgan fingerprint density at radius 2 is 1.87 bits per heavy atom. The number of hydrogen-bond donors (Lipinski definition) is 2. The quantitative estimate of drug-likeness (QED) is 0.481. The van der Waals surface area contributed by atoms with Gasteiger partial charge in [0.1, 0.15) is 16.9 Å². The standard InChI is InChI=1S/C20H14F3N5O2S/c21-20(22,23)15-10-31-19-17(25-11-28(15)19)27-16(29)9-12-2-1-3-14(8-12)26-18(30)13-4-6-24-7-5-13/h1-8,10-11H,9H2,(H,26,30)(H,27,29). The first-order valence-corrected chi connectivity index (χ1v) is 9.81. The maximum absolute atomic E-state index is 13.0. The Hall–Kier alpha value is -3.73. The molecule has 11 heteroatoms. The van der Waals surface area contributed by atoms with Gasteiger partial charge in [-0.15, -0.1) is 11.3 Å². The van der Waals surface area contributed by atoms with E-state index in [9.17, 15) is 22.8 Å². The van der Waals surface area contributed by atoms with Gasteiger partial charge in [0.2, 0.25) is 5.91 Å². The molecule has 0 bridgehead atoms. The number of fused-ring (bicyclic) bond motifs is 1. The van der Waals surface area contributed by atoms with E-state index in [2.05, 4.69) is 20.6 Å². The number of halogens is 3. The number of aromatic nitrogens is 3. The summed E-state index contributed by atoms with van der Waals surface area (Å²) in [6.45, 7) is 0. The second-order valence-corrected chi connectivity index (χ2v) is 7.36. The van der Waals surface area contributed by atoms with Crippen molar-refractivity contribution in [2.75, 3.05) is 10.6 Å². The molecule has 4 rings (SSSR count). The third-order valence-electron chi connectivity index (χ3n) is 4.31. The first-order chi connectivity index (χ1) is 14.8. The zero-order chi connectivity index (χ0) is 22.0. The van der Waals surface area contributed by atoms with Crippen molar-refractivity contribution in [3.05, 3.63) is 77.3 Å². The van der Waals surface area contributed by atoms with Crippen LogP contribution in [0.4, 0.5) is 24.7 Å². The van der Waals surface area contributed by atoms with Gasteiger partial charge in [0, 0.05) is 29.0 Å². The summed E-state index contributed by atoms with van der Waals surface area (Å²) < 4.78 is 39.9. The summed E-state index contributed by atoms with van der Waals surface area (Å²) in [5.74, 6) is -0.699. The van der Waals surface area contributed by atoms with Crippen LogP contribution in [0.5, 0.6) is 0 Å². The molecule has 3 heterocycles. The first-order valence-electron chi connectivity index (χ1n) is 8.93. The van der Waals surface area contributed by atoms with Gasteiger partial charge in [-0.05, 0) is 29.8 Å². The molecule has 0 aliphatic carbocycles. The van der Waals surface area contributed by atoms with Gasteiger partial charge in [0.25, 0.3) is 5.91 Å². The highest BCUT2D eigenvalue weighted by atomic mass is 32.1. The van der Waals surface area contributed by atoms with Crippen LogP contribution in [0.3, 0.4) is 0 Å². The van der Waals surface area contributed by atoms with Crippen LogP contribution in [0.15, 0.2) is 60.5 Å². The van der Waals surface area contributed by atoms with E-state index in [4.69, 9.17) is 0 Å². The zero-order valence-electron chi connectivity index (χ0n) is 15.7. The average molecular weight is 445 g/mol. The van der Waals surface area contributed by atoms with Crippen LogP contribution in [0.25, 0.3) is 4.83 Å². The maximum atomic E-state index is 13.0. The fourth-order valence-corrected chi connectivity index (χ4v) is 3.85. The fourth-order valence-electron chi connectivity index (χ4n) is 2.91. The number of imidazole rings is 1. The van der Waals surface area contributed by atoms with Gasteiger partial charge in [0.05, 0.1) is 6.42 Å². The number of benzene rings is 1. The van der Waals surface area contributed by atoms with E-state index in [0.717, 1.165) is 27.4 Å². The second-order valence-electron chi connectivity index (χ2n) is 6.50. The number of alkyl halides is 3. The molecule has 7 nitrogen and oxygen atoms in total. The number of pyridine rings is 1. The molecular formula is C20H14F3N5O2S. The van der Waals surface area contributed by atoms with Gasteiger partial charge in [-0.3, -0.25) is 19.0 Å². The summed E-state index contributed by atoms with van der Waals surface area (Å²) in [6, 6.07) is 9.88. The van der Waals surface area contributed by atoms with Crippen molar-refractivity contribution >= 4 is 39.5 Å². The van der Waals surface area contributed by atoms with Crippen molar-refractivity contribution in [3.63, 3.8) is 0 Å². The first kappa shape index (κ1) is 20.5. The number of carbonyl (C=O) groups is 2. The van der Waals surface area contributed by atoms with Crippen LogP contribution in [0.2, 0.25) is 0 Å². The van der Waals surface area contributed by atoms with Gasteiger partial charge in [-0.2, -0.15) is 13.2 Å². The van der Waals surface area contributed by atoms with Gasteiger partial charge in [-0.1, -0.05) is 12.1 Å². The molecule has 0 radical (unpaired) electrons. The number of rotatable bonds is 5. The Morgan fingerprint density at radius 1 is 1.10 bits per heavy atom. The lowest BCUT2D eigenvalue weighted by molar-refractivity contribution is -0.141. The topological polar surface area (TPSA) is 88.4 Å². The Balaban J connectivity index is 1.44. The van der Waals surface area contributed by atoms with Crippen LogP contribution < -0.4 is 10.6 Å². The van der Waals surface area contributed by atoms with Crippen LogP contribution in [-0.4, -0.2) is 26.2 Å². The van der Waals surface area contributed by atoms with Crippen molar-refractivity contribution in [3.8, 4) is 0 Å². The highest BCUT2D eigenvalue weighted by molar-refractivity contribution is 7.16. The summed E-state index contributed by atoms with van der Waals surface area (Å²) >= 11 is 0.843. The summed E-state index contributed by atoms with van der Waals surface area (Å²) in [4.78, 5) is 32.6. The Morgan fingerprint density at radius 3 is 2.61 bits per heavy atom. The smallest absolute Gasteiger partial charge is 0.322 e. The molecule has 158 valence electrons. The van der Waals surface area contributed by atoms with E-state index in [0.29, 0.717) is 16.8 Å². The molecule has 4 aromatic rings. The molecule has 0 atom stereocenters. The normalized spacial score (nSPS) is 11.5. The zero-order valence-corrected chi connectivity index (χ0v) is 16.5. The molecule has 0 spiro atoms. The predicted octanol–water partition coefficient (Wildman–Crippen LogP) is 4.24. The van der Waals surface area contributed by atoms with Crippen molar-refractivity contribution < 1.29 is 22.8 Å². The number of thiazole rings is 1. The van der Waals surface area contributed by atoms with Gasteiger partial charge in [-0.25, -0.2) is 4.98 Å². The van der Waals surface area contributed by atoms with Crippen LogP contribution in [0, 0.1) is 0 Å². The average Bonchev–Trinajstić information content (AvgIpc) is 3.31. The molecule has 3 aromatic heterocycles. The largest absolute Gasteiger partial charge is 0.432 e.